The third-order valence-corrected chi connectivity index (χ3v) is 4.22. The van der Waals surface area contributed by atoms with Gasteiger partial charge in [0.2, 0.25) is 0 Å². The molecule has 1 aliphatic carbocycles. The first-order valence-corrected chi connectivity index (χ1v) is 6.83. The highest BCUT2D eigenvalue weighted by atomic mass is 16.4. The Labute approximate surface area is 113 Å². The van der Waals surface area contributed by atoms with Crippen LogP contribution in [-0.2, 0) is 6.54 Å². The van der Waals surface area contributed by atoms with Crippen LogP contribution in [0, 0.1) is 5.41 Å². The highest BCUT2D eigenvalue weighted by Gasteiger charge is 2.34. The van der Waals surface area contributed by atoms with Crippen LogP contribution in [0.2, 0.25) is 0 Å². The van der Waals surface area contributed by atoms with Crippen LogP contribution in [0.1, 0.15) is 43.9 Å². The average Bonchev–Trinajstić information content (AvgIpc) is 2.41. The van der Waals surface area contributed by atoms with Gasteiger partial charge in [0.15, 0.2) is 5.84 Å². The molecule has 0 aliphatic heterocycles. The number of amidine groups is 1. The first-order valence-electron chi connectivity index (χ1n) is 6.83. The smallest absolute Gasteiger partial charge is 0.189 e. The van der Waals surface area contributed by atoms with Crippen molar-refractivity contribution in [2.75, 3.05) is 6.54 Å². The molecule has 19 heavy (non-hydrogen) atoms. The fraction of sp³-hybridized carbons (Fsp3) is 0.571. The molecule has 1 aromatic heterocycles. The second kappa shape index (κ2) is 6.02. The molecule has 0 radical (unpaired) electrons. The summed E-state index contributed by atoms with van der Waals surface area (Å²) >= 11 is 0. The minimum Gasteiger partial charge on any atom is -0.409 e. The normalized spacial score (nSPS) is 18.1. The van der Waals surface area contributed by atoms with Gasteiger partial charge in [0.25, 0.3) is 0 Å². The van der Waals surface area contributed by atoms with Crippen molar-refractivity contribution < 1.29 is 5.21 Å². The van der Waals surface area contributed by atoms with E-state index in [1.165, 1.54) is 25.7 Å². The maximum Gasteiger partial charge on any atom is 0.189 e. The predicted octanol–water partition coefficient (Wildman–Crippen LogP) is 1.85. The molecule has 0 amide bonds. The fourth-order valence-electron chi connectivity index (χ4n) is 2.65. The van der Waals surface area contributed by atoms with Crippen molar-refractivity contribution >= 4 is 5.84 Å². The minimum atomic E-state index is 0.0613. The number of nitrogens with one attached hydrogen (secondary N) is 1. The number of nitrogens with zero attached hydrogens (tertiary/aromatic N) is 2. The molecule has 5 nitrogen and oxygen atoms in total. The second-order valence-corrected chi connectivity index (χ2v) is 5.31. The summed E-state index contributed by atoms with van der Waals surface area (Å²) in [6.07, 6.45) is 6.85. The van der Waals surface area contributed by atoms with E-state index in [1.54, 1.807) is 6.20 Å². The van der Waals surface area contributed by atoms with E-state index in [4.69, 9.17) is 10.9 Å². The summed E-state index contributed by atoms with van der Waals surface area (Å²) in [7, 11) is 0. The number of hydrogen-bond acceptors (Lipinski definition) is 4. The lowest BCUT2D eigenvalue weighted by Gasteiger charge is -2.41. The lowest BCUT2D eigenvalue weighted by molar-refractivity contribution is 0.124. The first-order chi connectivity index (χ1) is 9.21. The van der Waals surface area contributed by atoms with Crippen LogP contribution in [0.4, 0.5) is 0 Å². The van der Waals surface area contributed by atoms with Crippen LogP contribution in [0.25, 0.3) is 0 Å². The maximum absolute atomic E-state index is 8.76. The Kier molecular flexibility index (Phi) is 4.37. The van der Waals surface area contributed by atoms with E-state index in [9.17, 15) is 0 Å². The van der Waals surface area contributed by atoms with Crippen LogP contribution in [0.15, 0.2) is 23.5 Å². The molecule has 104 valence electrons. The van der Waals surface area contributed by atoms with Crippen molar-refractivity contribution in [2.45, 2.75) is 39.2 Å². The molecule has 0 saturated heterocycles. The molecule has 1 heterocycles. The van der Waals surface area contributed by atoms with Crippen LogP contribution in [-0.4, -0.2) is 22.6 Å². The third kappa shape index (κ3) is 3.04. The summed E-state index contributed by atoms with van der Waals surface area (Å²) in [5, 5.41) is 15.3. The lowest BCUT2D eigenvalue weighted by atomic mass is 9.67. The Hall–Kier alpha value is -1.62. The number of oxime groups is 1. The van der Waals surface area contributed by atoms with E-state index in [-0.39, 0.29) is 5.84 Å². The Morgan fingerprint density at radius 1 is 1.58 bits per heavy atom. The average molecular weight is 262 g/mol. The Morgan fingerprint density at radius 3 is 2.95 bits per heavy atom. The molecular formula is C14H22N4O. The quantitative estimate of drug-likeness (QED) is 0.316. The molecule has 0 unspecified atom stereocenters. The van der Waals surface area contributed by atoms with Gasteiger partial charge in [-0.15, -0.1) is 0 Å². The summed E-state index contributed by atoms with van der Waals surface area (Å²) in [5.74, 6) is 0.0613. The number of rotatable bonds is 6. The summed E-state index contributed by atoms with van der Waals surface area (Å²) in [6, 6.07) is 3.82. The van der Waals surface area contributed by atoms with Crippen LogP contribution in [0.5, 0.6) is 0 Å². The van der Waals surface area contributed by atoms with Crippen molar-refractivity contribution in [1.29, 1.82) is 0 Å². The molecule has 5 heteroatoms. The predicted molar refractivity (Wildman–Crippen MR) is 75.0 cm³/mol. The molecule has 0 spiro atoms. The van der Waals surface area contributed by atoms with Crippen molar-refractivity contribution in [3.05, 3.63) is 29.6 Å². The molecule has 4 N–H and O–H groups in total. The third-order valence-electron chi connectivity index (χ3n) is 4.22. The van der Waals surface area contributed by atoms with Crippen molar-refractivity contribution in [2.24, 2.45) is 16.3 Å². The maximum atomic E-state index is 8.76. The zero-order valence-corrected chi connectivity index (χ0v) is 11.4. The molecule has 2 rings (SSSR count). The van der Waals surface area contributed by atoms with E-state index in [0.717, 1.165) is 12.1 Å². The molecule has 0 bridgehead atoms. The van der Waals surface area contributed by atoms with Crippen molar-refractivity contribution in [3.8, 4) is 0 Å². The van der Waals surface area contributed by atoms with Gasteiger partial charge in [-0.25, -0.2) is 0 Å². The SMILES string of the molecule is CCC1(CNCc2cccnc2/C(N)=N/O)CCC1. The first kappa shape index (κ1) is 13.8. The van der Waals surface area contributed by atoms with E-state index in [2.05, 4.69) is 22.4 Å². The molecule has 1 aromatic rings. The van der Waals surface area contributed by atoms with Gasteiger partial charge in [-0.3, -0.25) is 4.98 Å². The monoisotopic (exact) mass is 262 g/mol. The van der Waals surface area contributed by atoms with Gasteiger partial charge >= 0.3 is 0 Å². The van der Waals surface area contributed by atoms with E-state index >= 15 is 0 Å². The molecular weight excluding hydrogens is 240 g/mol. The fourth-order valence-corrected chi connectivity index (χ4v) is 2.65. The highest BCUT2D eigenvalue weighted by molar-refractivity contribution is 5.96. The van der Waals surface area contributed by atoms with E-state index < -0.39 is 0 Å². The lowest BCUT2D eigenvalue weighted by Crippen LogP contribution is -2.39. The summed E-state index contributed by atoms with van der Waals surface area (Å²) in [4.78, 5) is 4.16. The van der Waals surface area contributed by atoms with Gasteiger partial charge < -0.3 is 16.3 Å². The second-order valence-electron chi connectivity index (χ2n) is 5.31. The van der Waals surface area contributed by atoms with Gasteiger partial charge in [0.05, 0.1) is 0 Å². The van der Waals surface area contributed by atoms with Gasteiger partial charge in [0, 0.05) is 19.3 Å². The van der Waals surface area contributed by atoms with E-state index in [1.807, 2.05) is 12.1 Å². The summed E-state index contributed by atoms with van der Waals surface area (Å²) in [6.45, 7) is 3.97. The number of aromatic nitrogens is 1. The van der Waals surface area contributed by atoms with Gasteiger partial charge in [-0.2, -0.15) is 0 Å². The Morgan fingerprint density at radius 2 is 2.37 bits per heavy atom. The highest BCUT2D eigenvalue weighted by Crippen LogP contribution is 2.43. The number of hydrogen-bond donors (Lipinski definition) is 3. The molecule has 1 aliphatic rings. The topological polar surface area (TPSA) is 83.5 Å². The zero-order chi connectivity index (χ0) is 13.7. The molecule has 1 fully saturated rings. The van der Waals surface area contributed by atoms with Gasteiger partial charge in [-0.05, 0) is 36.3 Å². The number of nitrogens with two attached hydrogens (primary N) is 1. The molecule has 0 aromatic carbocycles. The van der Waals surface area contributed by atoms with Crippen molar-refractivity contribution in [1.82, 2.24) is 10.3 Å². The van der Waals surface area contributed by atoms with Gasteiger partial charge in [0.1, 0.15) is 5.69 Å². The van der Waals surface area contributed by atoms with E-state index in [0.29, 0.717) is 17.7 Å². The van der Waals surface area contributed by atoms with Gasteiger partial charge in [-0.1, -0.05) is 24.6 Å². The van der Waals surface area contributed by atoms with Crippen LogP contribution < -0.4 is 11.1 Å². The van der Waals surface area contributed by atoms with Crippen LogP contribution >= 0.6 is 0 Å². The van der Waals surface area contributed by atoms with Crippen LogP contribution in [0.3, 0.4) is 0 Å². The largest absolute Gasteiger partial charge is 0.409 e. The Bertz CT molecular complexity index is 449. The molecule has 0 atom stereocenters. The summed E-state index contributed by atoms with van der Waals surface area (Å²) < 4.78 is 0. The number of pyridine rings is 1. The van der Waals surface area contributed by atoms with Crippen molar-refractivity contribution in [3.63, 3.8) is 0 Å². The Balaban J connectivity index is 1.96. The molecule has 1 saturated carbocycles. The summed E-state index contributed by atoms with van der Waals surface area (Å²) in [5.41, 5.74) is 7.62. The zero-order valence-electron chi connectivity index (χ0n) is 11.4. The minimum absolute atomic E-state index is 0.0613. The standard InChI is InChI=1S/C14H22N4O/c1-2-14(6-4-7-14)10-16-9-11-5-3-8-17-12(11)13(15)18-19/h3,5,8,16,19H,2,4,6-7,9-10H2,1H3,(H2,15,18).